The highest BCUT2D eigenvalue weighted by atomic mass is 35.5. The van der Waals surface area contributed by atoms with Gasteiger partial charge >= 0.3 is 12.2 Å². The fourth-order valence-corrected chi connectivity index (χ4v) is 4.18. The summed E-state index contributed by atoms with van der Waals surface area (Å²) in [6, 6.07) is 3.48. The van der Waals surface area contributed by atoms with Crippen LogP contribution in [0.15, 0.2) is 12.1 Å². The standard InChI is InChI=1S/C25H36ClN3O6/c1-24(2,3)34-22(31)28-12-10-18(11-13-28)33-20-16(7-8-19(26)27-20)15-17-9-14-29(21(17)30)23(32)35-25(4,5)6/h7-8,17-18H,9-15H2,1-6H3. The van der Waals surface area contributed by atoms with Gasteiger partial charge in [-0.2, -0.15) is 0 Å². The highest BCUT2D eigenvalue weighted by molar-refractivity contribution is 6.29. The highest BCUT2D eigenvalue weighted by Crippen LogP contribution is 2.30. The minimum Gasteiger partial charge on any atom is -0.474 e. The molecule has 1 atom stereocenters. The van der Waals surface area contributed by atoms with Crippen LogP contribution in [0.5, 0.6) is 5.88 Å². The second-order valence-corrected chi connectivity index (χ2v) is 11.4. The molecule has 9 nitrogen and oxygen atoms in total. The van der Waals surface area contributed by atoms with Gasteiger partial charge in [-0.3, -0.25) is 4.79 Å². The van der Waals surface area contributed by atoms with Crippen molar-refractivity contribution in [3.63, 3.8) is 0 Å². The Bertz CT molecular complexity index is 948. The van der Waals surface area contributed by atoms with Crippen LogP contribution in [0.25, 0.3) is 0 Å². The van der Waals surface area contributed by atoms with E-state index in [4.69, 9.17) is 25.8 Å². The van der Waals surface area contributed by atoms with Gasteiger partial charge in [-0.15, -0.1) is 0 Å². The minimum absolute atomic E-state index is 0.143. The number of amides is 3. The quantitative estimate of drug-likeness (QED) is 0.535. The van der Waals surface area contributed by atoms with Crippen molar-refractivity contribution in [2.24, 2.45) is 5.92 Å². The Morgan fingerprint density at radius 2 is 1.57 bits per heavy atom. The van der Waals surface area contributed by atoms with E-state index in [0.717, 1.165) is 5.56 Å². The van der Waals surface area contributed by atoms with Crippen LogP contribution in [-0.4, -0.2) is 69.8 Å². The average molecular weight is 510 g/mol. The van der Waals surface area contributed by atoms with Gasteiger partial charge in [-0.05, 0) is 60.5 Å². The monoisotopic (exact) mass is 509 g/mol. The molecule has 35 heavy (non-hydrogen) atoms. The third kappa shape index (κ3) is 7.72. The van der Waals surface area contributed by atoms with Crippen LogP contribution in [0, 0.1) is 5.92 Å². The molecule has 2 aliphatic heterocycles. The van der Waals surface area contributed by atoms with Crippen LogP contribution in [0.4, 0.5) is 9.59 Å². The van der Waals surface area contributed by atoms with E-state index in [-0.39, 0.29) is 24.0 Å². The smallest absolute Gasteiger partial charge is 0.417 e. The molecule has 2 fully saturated rings. The summed E-state index contributed by atoms with van der Waals surface area (Å²) in [5.74, 6) is -0.246. The predicted molar refractivity (Wildman–Crippen MR) is 130 cm³/mol. The summed E-state index contributed by atoms with van der Waals surface area (Å²) >= 11 is 6.14. The molecule has 3 amide bonds. The van der Waals surface area contributed by atoms with Crippen molar-refractivity contribution in [3.8, 4) is 5.88 Å². The second kappa shape index (κ2) is 10.6. The van der Waals surface area contributed by atoms with Crippen LogP contribution in [0.1, 0.15) is 66.4 Å². The van der Waals surface area contributed by atoms with Crippen molar-refractivity contribution in [2.45, 2.75) is 84.5 Å². The zero-order chi connectivity index (χ0) is 26.0. The lowest BCUT2D eigenvalue weighted by Gasteiger charge is -2.33. The first kappa shape index (κ1) is 27.0. The molecule has 1 aromatic heterocycles. The van der Waals surface area contributed by atoms with E-state index < -0.39 is 17.3 Å². The van der Waals surface area contributed by atoms with Crippen molar-refractivity contribution < 1.29 is 28.6 Å². The number of ether oxygens (including phenoxy) is 3. The van der Waals surface area contributed by atoms with E-state index in [0.29, 0.717) is 56.4 Å². The van der Waals surface area contributed by atoms with E-state index in [1.54, 1.807) is 31.7 Å². The summed E-state index contributed by atoms with van der Waals surface area (Å²) < 4.78 is 17.0. The Kier molecular flexibility index (Phi) is 8.19. The number of nitrogens with zero attached hydrogens (tertiary/aromatic N) is 3. The lowest BCUT2D eigenvalue weighted by Crippen LogP contribution is -2.44. The third-order valence-electron chi connectivity index (χ3n) is 5.67. The maximum absolute atomic E-state index is 12.9. The molecule has 3 heterocycles. The maximum atomic E-state index is 12.9. The van der Waals surface area contributed by atoms with Crippen LogP contribution in [0.2, 0.25) is 5.15 Å². The first-order valence-electron chi connectivity index (χ1n) is 12.1. The number of rotatable bonds is 4. The minimum atomic E-state index is -0.671. The van der Waals surface area contributed by atoms with Crippen molar-refractivity contribution in [1.29, 1.82) is 0 Å². The molecule has 1 aromatic rings. The number of pyridine rings is 1. The number of halogens is 1. The zero-order valence-electron chi connectivity index (χ0n) is 21.4. The fourth-order valence-electron chi connectivity index (χ4n) is 4.04. The topological polar surface area (TPSA) is 98.3 Å². The Morgan fingerprint density at radius 1 is 0.971 bits per heavy atom. The van der Waals surface area contributed by atoms with Crippen molar-refractivity contribution in [2.75, 3.05) is 19.6 Å². The molecule has 10 heteroatoms. The molecule has 0 saturated carbocycles. The molecule has 0 N–H and O–H groups in total. The van der Waals surface area contributed by atoms with Crippen molar-refractivity contribution in [3.05, 3.63) is 22.8 Å². The summed E-state index contributed by atoms with van der Waals surface area (Å²) in [7, 11) is 0. The summed E-state index contributed by atoms with van der Waals surface area (Å²) in [4.78, 5) is 44.8. The van der Waals surface area contributed by atoms with Gasteiger partial charge in [0.2, 0.25) is 11.8 Å². The molecule has 0 aliphatic carbocycles. The molecule has 1 unspecified atom stereocenters. The van der Waals surface area contributed by atoms with E-state index in [9.17, 15) is 14.4 Å². The van der Waals surface area contributed by atoms with Gasteiger partial charge in [-0.1, -0.05) is 17.7 Å². The summed E-state index contributed by atoms with van der Waals surface area (Å²) in [5, 5.41) is 0.295. The maximum Gasteiger partial charge on any atom is 0.417 e. The molecule has 0 aromatic carbocycles. The fraction of sp³-hybridized carbons (Fsp3) is 0.680. The molecule has 0 spiro atoms. The predicted octanol–water partition coefficient (Wildman–Crippen LogP) is 4.84. The van der Waals surface area contributed by atoms with Crippen LogP contribution < -0.4 is 4.74 Å². The summed E-state index contributed by atoms with van der Waals surface area (Å²) in [6.07, 6.45) is 1.08. The number of likely N-dealkylation sites (tertiary alicyclic amines) is 2. The van der Waals surface area contributed by atoms with Crippen molar-refractivity contribution >= 4 is 29.7 Å². The first-order chi connectivity index (χ1) is 16.2. The number of hydrogen-bond acceptors (Lipinski definition) is 7. The summed E-state index contributed by atoms with van der Waals surface area (Å²) in [6.45, 7) is 12.2. The molecular weight excluding hydrogens is 474 g/mol. The van der Waals surface area contributed by atoms with Gasteiger partial charge in [0.25, 0.3) is 0 Å². The first-order valence-corrected chi connectivity index (χ1v) is 12.4. The van der Waals surface area contributed by atoms with Gasteiger partial charge in [0.1, 0.15) is 22.5 Å². The highest BCUT2D eigenvalue weighted by Gasteiger charge is 2.38. The van der Waals surface area contributed by atoms with E-state index >= 15 is 0 Å². The summed E-state index contributed by atoms with van der Waals surface area (Å²) in [5.41, 5.74) is -0.454. The van der Waals surface area contributed by atoms with Gasteiger partial charge in [0.05, 0.1) is 0 Å². The van der Waals surface area contributed by atoms with Crippen molar-refractivity contribution in [1.82, 2.24) is 14.8 Å². The van der Waals surface area contributed by atoms with E-state index in [1.807, 2.05) is 26.8 Å². The number of carbonyl (C=O) groups is 3. The average Bonchev–Trinajstić information content (AvgIpc) is 3.08. The lowest BCUT2D eigenvalue weighted by atomic mass is 9.98. The molecule has 2 aliphatic rings. The lowest BCUT2D eigenvalue weighted by molar-refractivity contribution is -0.130. The van der Waals surface area contributed by atoms with Gasteiger partial charge in [-0.25, -0.2) is 19.5 Å². The number of imide groups is 1. The molecule has 3 rings (SSSR count). The van der Waals surface area contributed by atoms with E-state index in [2.05, 4.69) is 4.98 Å². The normalized spacial score (nSPS) is 19.6. The van der Waals surface area contributed by atoms with Gasteiger partial charge in [0, 0.05) is 44.0 Å². The third-order valence-corrected chi connectivity index (χ3v) is 5.88. The number of aromatic nitrogens is 1. The molecule has 0 radical (unpaired) electrons. The molecule has 0 bridgehead atoms. The Morgan fingerprint density at radius 3 is 2.17 bits per heavy atom. The molecule has 2 saturated heterocycles. The van der Waals surface area contributed by atoms with Gasteiger partial charge < -0.3 is 19.1 Å². The molecular formula is C25H36ClN3O6. The van der Waals surface area contributed by atoms with Crippen LogP contribution >= 0.6 is 11.6 Å². The number of hydrogen-bond donors (Lipinski definition) is 0. The van der Waals surface area contributed by atoms with Gasteiger partial charge in [0.15, 0.2) is 0 Å². The molecule has 194 valence electrons. The van der Waals surface area contributed by atoms with Crippen LogP contribution in [-0.2, 0) is 20.7 Å². The Labute approximate surface area is 212 Å². The Balaban J connectivity index is 1.61. The largest absolute Gasteiger partial charge is 0.474 e. The van der Waals surface area contributed by atoms with E-state index in [1.165, 1.54) is 4.90 Å². The van der Waals surface area contributed by atoms with Crippen LogP contribution in [0.3, 0.4) is 0 Å². The Hall–Kier alpha value is -2.55. The second-order valence-electron chi connectivity index (χ2n) is 11.0. The zero-order valence-corrected chi connectivity index (χ0v) is 22.2. The number of piperidine rings is 1. The number of carbonyl (C=O) groups excluding carboxylic acids is 3. The SMILES string of the molecule is CC(C)(C)OC(=O)N1CCC(Oc2nc(Cl)ccc2CC2CCN(C(=O)OC(C)(C)C)C2=O)CC1.